The van der Waals surface area contributed by atoms with Gasteiger partial charge in [0.15, 0.2) is 0 Å². The second-order valence-electron chi connectivity index (χ2n) is 4.29. The standard InChI is InChI=1S/C10H15BrO4/c1-4-6(11)8(12)15-7-9(13)14-5-10(7,2)3/h6-7H,4-5H2,1-3H3/t6-,7-/m0/s1. The van der Waals surface area contributed by atoms with E-state index in [1.807, 2.05) is 20.8 Å². The molecular weight excluding hydrogens is 264 g/mol. The predicted octanol–water partition coefficient (Wildman–Crippen LogP) is 1.65. The Morgan fingerprint density at radius 3 is 2.73 bits per heavy atom. The molecule has 0 bridgehead atoms. The molecule has 1 rings (SSSR count). The van der Waals surface area contributed by atoms with E-state index in [0.717, 1.165) is 0 Å². The van der Waals surface area contributed by atoms with E-state index in [2.05, 4.69) is 15.9 Å². The maximum atomic E-state index is 11.5. The van der Waals surface area contributed by atoms with Gasteiger partial charge in [0, 0.05) is 5.41 Å². The summed E-state index contributed by atoms with van der Waals surface area (Å²) in [6.07, 6.45) is -0.155. The van der Waals surface area contributed by atoms with Crippen molar-refractivity contribution in [1.82, 2.24) is 0 Å². The molecule has 1 fully saturated rings. The lowest BCUT2D eigenvalue weighted by molar-refractivity contribution is -0.162. The summed E-state index contributed by atoms with van der Waals surface area (Å²) in [5.41, 5.74) is -0.437. The number of ether oxygens (including phenoxy) is 2. The Morgan fingerprint density at radius 2 is 2.33 bits per heavy atom. The Hall–Kier alpha value is -0.580. The molecule has 0 N–H and O–H groups in total. The number of carbonyl (C=O) groups is 2. The van der Waals surface area contributed by atoms with E-state index in [4.69, 9.17) is 9.47 Å². The molecule has 2 atom stereocenters. The number of esters is 2. The van der Waals surface area contributed by atoms with Gasteiger partial charge in [-0.05, 0) is 6.42 Å². The summed E-state index contributed by atoms with van der Waals surface area (Å²) in [5.74, 6) is -0.862. The number of carbonyl (C=O) groups excluding carboxylic acids is 2. The molecule has 0 saturated carbocycles. The highest BCUT2D eigenvalue weighted by Crippen LogP contribution is 2.31. The Labute approximate surface area is 97.4 Å². The van der Waals surface area contributed by atoms with Gasteiger partial charge in [0.25, 0.3) is 0 Å². The second kappa shape index (κ2) is 4.51. The molecule has 0 amide bonds. The Kier molecular flexibility index (Phi) is 3.76. The van der Waals surface area contributed by atoms with E-state index in [9.17, 15) is 9.59 Å². The number of hydrogen-bond donors (Lipinski definition) is 0. The van der Waals surface area contributed by atoms with Crippen LogP contribution in [0.25, 0.3) is 0 Å². The molecule has 1 aliphatic heterocycles. The van der Waals surface area contributed by atoms with Crippen LogP contribution in [0.15, 0.2) is 0 Å². The van der Waals surface area contributed by atoms with Crippen LogP contribution in [0.4, 0.5) is 0 Å². The molecule has 86 valence electrons. The highest BCUT2D eigenvalue weighted by molar-refractivity contribution is 9.10. The van der Waals surface area contributed by atoms with Crippen LogP contribution in [-0.2, 0) is 19.1 Å². The molecule has 0 aromatic rings. The van der Waals surface area contributed by atoms with Gasteiger partial charge in [0.2, 0.25) is 6.10 Å². The summed E-state index contributed by atoms with van der Waals surface area (Å²) in [6, 6.07) is 0. The monoisotopic (exact) mass is 278 g/mol. The number of halogens is 1. The van der Waals surface area contributed by atoms with Crippen molar-refractivity contribution in [3.05, 3.63) is 0 Å². The third-order valence-electron chi connectivity index (χ3n) is 2.36. The Bertz CT molecular complexity index is 275. The van der Waals surface area contributed by atoms with Gasteiger partial charge in [-0.25, -0.2) is 4.79 Å². The Balaban J connectivity index is 2.64. The van der Waals surface area contributed by atoms with Gasteiger partial charge in [-0.1, -0.05) is 36.7 Å². The van der Waals surface area contributed by atoms with E-state index >= 15 is 0 Å². The minimum Gasteiger partial charge on any atom is -0.462 e. The molecule has 0 unspecified atom stereocenters. The summed E-state index contributed by atoms with van der Waals surface area (Å²) >= 11 is 3.18. The van der Waals surface area contributed by atoms with Crippen molar-refractivity contribution in [3.63, 3.8) is 0 Å². The van der Waals surface area contributed by atoms with Crippen LogP contribution >= 0.6 is 15.9 Å². The van der Waals surface area contributed by atoms with Crippen LogP contribution in [0.5, 0.6) is 0 Å². The van der Waals surface area contributed by atoms with Crippen LogP contribution in [-0.4, -0.2) is 29.5 Å². The molecule has 0 aromatic carbocycles. The lowest BCUT2D eigenvalue weighted by atomic mass is 9.90. The molecule has 1 saturated heterocycles. The first-order valence-electron chi connectivity index (χ1n) is 4.89. The highest BCUT2D eigenvalue weighted by Gasteiger charge is 2.46. The minimum atomic E-state index is -0.781. The fourth-order valence-electron chi connectivity index (χ4n) is 1.29. The summed E-state index contributed by atoms with van der Waals surface area (Å²) in [5, 5.41) is 0. The normalized spacial score (nSPS) is 25.9. The van der Waals surface area contributed by atoms with Crippen LogP contribution in [0.1, 0.15) is 27.2 Å². The zero-order valence-corrected chi connectivity index (χ0v) is 10.7. The molecule has 0 spiro atoms. The number of rotatable bonds is 3. The van der Waals surface area contributed by atoms with Crippen molar-refractivity contribution >= 4 is 27.9 Å². The molecule has 15 heavy (non-hydrogen) atoms. The Morgan fingerprint density at radius 1 is 1.73 bits per heavy atom. The average Bonchev–Trinajstić information content (AvgIpc) is 2.43. The molecule has 0 aromatic heterocycles. The minimum absolute atomic E-state index is 0.295. The summed E-state index contributed by atoms with van der Waals surface area (Å²) < 4.78 is 9.99. The van der Waals surface area contributed by atoms with Gasteiger partial charge in [-0.2, -0.15) is 0 Å². The number of hydrogen-bond acceptors (Lipinski definition) is 4. The van der Waals surface area contributed by atoms with Gasteiger partial charge in [-0.15, -0.1) is 0 Å². The average molecular weight is 279 g/mol. The van der Waals surface area contributed by atoms with Gasteiger partial charge in [0.1, 0.15) is 11.4 Å². The summed E-state index contributed by atoms with van der Waals surface area (Å²) in [6.45, 7) is 5.83. The first-order valence-corrected chi connectivity index (χ1v) is 5.81. The molecule has 5 heteroatoms. The topological polar surface area (TPSA) is 52.6 Å². The fraction of sp³-hybridized carbons (Fsp3) is 0.800. The maximum Gasteiger partial charge on any atom is 0.348 e. The second-order valence-corrected chi connectivity index (χ2v) is 5.39. The molecular formula is C10H15BrO4. The van der Waals surface area contributed by atoms with Crippen molar-refractivity contribution in [2.45, 2.75) is 38.1 Å². The molecule has 1 heterocycles. The molecule has 0 radical (unpaired) electrons. The summed E-state index contributed by atoms with van der Waals surface area (Å²) in [4.78, 5) is 22.4. The van der Waals surface area contributed by atoms with Crippen LogP contribution in [0, 0.1) is 5.41 Å². The number of alkyl halides is 1. The number of cyclic esters (lactones) is 1. The van der Waals surface area contributed by atoms with Gasteiger partial charge >= 0.3 is 11.9 Å². The summed E-state index contributed by atoms with van der Waals surface area (Å²) in [7, 11) is 0. The van der Waals surface area contributed by atoms with Crippen LogP contribution < -0.4 is 0 Å². The van der Waals surface area contributed by atoms with E-state index in [1.165, 1.54) is 0 Å². The third kappa shape index (κ3) is 2.71. The van der Waals surface area contributed by atoms with Crippen LogP contribution in [0.3, 0.4) is 0 Å². The lowest BCUT2D eigenvalue weighted by Crippen LogP contribution is -2.36. The van der Waals surface area contributed by atoms with E-state index in [1.54, 1.807) is 0 Å². The van der Waals surface area contributed by atoms with Crippen molar-refractivity contribution in [3.8, 4) is 0 Å². The third-order valence-corrected chi connectivity index (χ3v) is 3.38. The zero-order valence-electron chi connectivity index (χ0n) is 9.08. The van der Waals surface area contributed by atoms with Gasteiger partial charge in [-0.3, -0.25) is 4.79 Å². The van der Waals surface area contributed by atoms with Crippen LogP contribution in [0.2, 0.25) is 0 Å². The largest absolute Gasteiger partial charge is 0.462 e. The maximum absolute atomic E-state index is 11.5. The lowest BCUT2D eigenvalue weighted by Gasteiger charge is -2.22. The molecule has 1 aliphatic rings. The van der Waals surface area contributed by atoms with E-state index < -0.39 is 23.5 Å². The fourth-order valence-corrected chi connectivity index (χ4v) is 1.40. The van der Waals surface area contributed by atoms with Crippen molar-refractivity contribution in [2.24, 2.45) is 5.41 Å². The zero-order chi connectivity index (χ0) is 11.6. The van der Waals surface area contributed by atoms with E-state index in [0.29, 0.717) is 13.0 Å². The predicted molar refractivity (Wildman–Crippen MR) is 57.6 cm³/mol. The highest BCUT2D eigenvalue weighted by atomic mass is 79.9. The van der Waals surface area contributed by atoms with Gasteiger partial charge < -0.3 is 9.47 Å². The SMILES string of the molecule is CC[C@H](Br)C(=O)O[C@H]1C(=O)OCC1(C)C. The molecule has 0 aliphatic carbocycles. The first-order chi connectivity index (χ1) is 6.88. The first kappa shape index (κ1) is 12.5. The van der Waals surface area contributed by atoms with E-state index in [-0.39, 0.29) is 4.83 Å². The molecule has 4 nitrogen and oxygen atoms in total. The van der Waals surface area contributed by atoms with Crippen molar-refractivity contribution in [2.75, 3.05) is 6.61 Å². The smallest absolute Gasteiger partial charge is 0.348 e. The van der Waals surface area contributed by atoms with Crippen molar-refractivity contribution in [1.29, 1.82) is 0 Å². The quantitative estimate of drug-likeness (QED) is 0.582. The van der Waals surface area contributed by atoms with Gasteiger partial charge in [0.05, 0.1) is 0 Å². The van der Waals surface area contributed by atoms with Crippen molar-refractivity contribution < 1.29 is 19.1 Å².